The molecular formula is C17H23NO2. The fourth-order valence-electron chi connectivity index (χ4n) is 3.24. The summed E-state index contributed by atoms with van der Waals surface area (Å²) in [5.41, 5.74) is 2.48. The van der Waals surface area contributed by atoms with Crippen LogP contribution in [-0.4, -0.2) is 30.5 Å². The van der Waals surface area contributed by atoms with Crippen molar-refractivity contribution in [2.45, 2.75) is 45.1 Å². The van der Waals surface area contributed by atoms with Crippen LogP contribution in [0.4, 0.5) is 0 Å². The number of hydrogen-bond acceptors (Lipinski definition) is 2. The average Bonchev–Trinajstić information content (AvgIpc) is 3.19. The summed E-state index contributed by atoms with van der Waals surface area (Å²) in [6.07, 6.45) is 5.47. The molecule has 1 aromatic rings. The van der Waals surface area contributed by atoms with Gasteiger partial charge in [-0.25, -0.2) is 0 Å². The lowest BCUT2D eigenvalue weighted by Crippen LogP contribution is -2.37. The number of carbonyl (C=O) groups is 1. The van der Waals surface area contributed by atoms with Crippen molar-refractivity contribution in [3.63, 3.8) is 0 Å². The monoisotopic (exact) mass is 273 g/mol. The maximum Gasteiger partial charge on any atom is 0.225 e. The molecular weight excluding hydrogens is 250 g/mol. The topological polar surface area (TPSA) is 29.5 Å². The molecule has 2 fully saturated rings. The van der Waals surface area contributed by atoms with Gasteiger partial charge in [-0.15, -0.1) is 0 Å². The van der Waals surface area contributed by atoms with Crippen LogP contribution in [0.3, 0.4) is 0 Å². The second-order valence-corrected chi connectivity index (χ2v) is 6.11. The molecule has 1 heterocycles. The van der Waals surface area contributed by atoms with E-state index in [1.807, 2.05) is 6.07 Å². The van der Waals surface area contributed by atoms with E-state index in [4.69, 9.17) is 4.74 Å². The van der Waals surface area contributed by atoms with Crippen LogP contribution in [0, 0.1) is 12.8 Å². The van der Waals surface area contributed by atoms with Crippen LogP contribution < -0.4 is 4.74 Å². The second kappa shape index (κ2) is 5.47. The molecule has 0 radical (unpaired) electrons. The van der Waals surface area contributed by atoms with E-state index in [1.54, 1.807) is 7.11 Å². The molecule has 0 bridgehead atoms. The molecule has 0 aromatic heterocycles. The van der Waals surface area contributed by atoms with E-state index in [1.165, 1.54) is 11.1 Å². The van der Waals surface area contributed by atoms with Crippen molar-refractivity contribution in [1.82, 2.24) is 4.90 Å². The van der Waals surface area contributed by atoms with Crippen LogP contribution in [0.15, 0.2) is 18.2 Å². The minimum atomic E-state index is 0.341. The van der Waals surface area contributed by atoms with Crippen molar-refractivity contribution >= 4 is 5.91 Å². The number of hydrogen-bond donors (Lipinski definition) is 0. The number of rotatable bonds is 4. The molecule has 1 saturated carbocycles. The first-order valence-electron chi connectivity index (χ1n) is 7.63. The maximum absolute atomic E-state index is 12.3. The van der Waals surface area contributed by atoms with E-state index in [-0.39, 0.29) is 0 Å². The minimum absolute atomic E-state index is 0.341. The largest absolute Gasteiger partial charge is 0.496 e. The van der Waals surface area contributed by atoms with Crippen molar-refractivity contribution in [2.75, 3.05) is 13.7 Å². The van der Waals surface area contributed by atoms with Gasteiger partial charge in [-0.1, -0.05) is 12.1 Å². The van der Waals surface area contributed by atoms with Crippen LogP contribution >= 0.6 is 0 Å². The van der Waals surface area contributed by atoms with E-state index in [0.717, 1.165) is 44.4 Å². The van der Waals surface area contributed by atoms with Crippen LogP contribution in [0.1, 0.15) is 36.8 Å². The fraction of sp³-hybridized carbons (Fsp3) is 0.588. The van der Waals surface area contributed by atoms with Crippen LogP contribution in [0.25, 0.3) is 0 Å². The first-order chi connectivity index (χ1) is 9.69. The van der Waals surface area contributed by atoms with Gasteiger partial charge in [0.25, 0.3) is 0 Å². The van der Waals surface area contributed by atoms with Crippen molar-refractivity contribution in [3.05, 3.63) is 29.3 Å². The summed E-state index contributed by atoms with van der Waals surface area (Å²) in [7, 11) is 1.70. The highest BCUT2D eigenvalue weighted by Gasteiger charge is 2.38. The first kappa shape index (κ1) is 13.5. The maximum atomic E-state index is 12.3. The van der Waals surface area contributed by atoms with Crippen molar-refractivity contribution in [2.24, 2.45) is 5.92 Å². The molecule has 0 N–H and O–H groups in total. The quantitative estimate of drug-likeness (QED) is 0.844. The third-order valence-electron chi connectivity index (χ3n) is 4.52. The zero-order chi connectivity index (χ0) is 14.1. The number of ether oxygens (including phenoxy) is 1. The third-order valence-corrected chi connectivity index (χ3v) is 4.52. The highest BCUT2D eigenvalue weighted by Crippen LogP contribution is 2.34. The second-order valence-electron chi connectivity index (χ2n) is 6.11. The third kappa shape index (κ3) is 2.67. The number of amides is 1. The predicted octanol–water partition coefficient (Wildman–Crippen LogP) is 2.95. The lowest BCUT2D eigenvalue weighted by Gasteiger charge is -2.25. The lowest BCUT2D eigenvalue weighted by molar-refractivity contribution is -0.133. The lowest BCUT2D eigenvalue weighted by atomic mass is 10.0. The minimum Gasteiger partial charge on any atom is -0.496 e. The van der Waals surface area contributed by atoms with E-state index in [0.29, 0.717) is 17.9 Å². The smallest absolute Gasteiger partial charge is 0.225 e. The molecule has 3 heteroatoms. The molecule has 1 saturated heterocycles. The Hall–Kier alpha value is -1.51. The van der Waals surface area contributed by atoms with Crippen molar-refractivity contribution in [3.8, 4) is 5.75 Å². The molecule has 1 unspecified atom stereocenters. The summed E-state index contributed by atoms with van der Waals surface area (Å²) in [5, 5.41) is 0. The standard InChI is InChI=1S/C17H23NO2/c1-12-10-13(5-8-16(12)20-2)11-15-4-3-9-18(15)17(19)14-6-7-14/h5,8,10,14-15H,3-4,6-7,9,11H2,1-2H3. The molecule has 1 aliphatic heterocycles. The highest BCUT2D eigenvalue weighted by molar-refractivity contribution is 5.81. The van der Waals surface area contributed by atoms with E-state index >= 15 is 0 Å². The van der Waals surface area contributed by atoms with Crippen molar-refractivity contribution in [1.29, 1.82) is 0 Å². The van der Waals surface area contributed by atoms with Crippen LogP contribution in [0.5, 0.6) is 5.75 Å². The van der Waals surface area contributed by atoms with Gasteiger partial charge >= 0.3 is 0 Å². The normalized spacial score (nSPS) is 22.1. The van der Waals surface area contributed by atoms with Gasteiger partial charge in [0.05, 0.1) is 7.11 Å². The number of benzene rings is 1. The Morgan fingerprint density at radius 3 is 2.80 bits per heavy atom. The number of aryl methyl sites for hydroxylation is 1. The highest BCUT2D eigenvalue weighted by atomic mass is 16.5. The molecule has 108 valence electrons. The molecule has 1 aromatic carbocycles. The Bertz CT molecular complexity index is 508. The Kier molecular flexibility index (Phi) is 3.68. The van der Waals surface area contributed by atoms with Gasteiger partial charge in [0, 0.05) is 18.5 Å². The molecule has 1 amide bonds. The number of likely N-dealkylation sites (tertiary alicyclic amines) is 1. The first-order valence-corrected chi connectivity index (χ1v) is 7.63. The van der Waals surface area contributed by atoms with Gasteiger partial charge in [0.15, 0.2) is 0 Å². The van der Waals surface area contributed by atoms with Gasteiger partial charge in [-0.05, 0) is 56.2 Å². The number of nitrogens with zero attached hydrogens (tertiary/aromatic N) is 1. The number of carbonyl (C=O) groups excluding carboxylic acids is 1. The van der Waals surface area contributed by atoms with E-state index in [2.05, 4.69) is 24.0 Å². The van der Waals surface area contributed by atoms with Gasteiger partial charge < -0.3 is 9.64 Å². The molecule has 1 aliphatic carbocycles. The SMILES string of the molecule is COc1ccc(CC2CCCN2C(=O)C2CC2)cc1C. The summed E-state index contributed by atoms with van der Waals surface area (Å²) in [5.74, 6) is 1.68. The van der Waals surface area contributed by atoms with Crippen molar-refractivity contribution < 1.29 is 9.53 Å². The van der Waals surface area contributed by atoms with Crippen LogP contribution in [0.2, 0.25) is 0 Å². The van der Waals surface area contributed by atoms with Crippen LogP contribution in [-0.2, 0) is 11.2 Å². The van der Waals surface area contributed by atoms with E-state index < -0.39 is 0 Å². The summed E-state index contributed by atoms with van der Waals surface area (Å²) in [4.78, 5) is 14.4. The molecule has 2 aliphatic rings. The van der Waals surface area contributed by atoms with E-state index in [9.17, 15) is 4.79 Å². The summed E-state index contributed by atoms with van der Waals surface area (Å²) < 4.78 is 5.30. The Labute approximate surface area is 120 Å². The molecule has 20 heavy (non-hydrogen) atoms. The zero-order valence-corrected chi connectivity index (χ0v) is 12.4. The summed E-state index contributed by atoms with van der Waals surface area (Å²) >= 11 is 0. The van der Waals surface area contributed by atoms with Gasteiger partial charge in [-0.2, -0.15) is 0 Å². The predicted molar refractivity (Wildman–Crippen MR) is 78.9 cm³/mol. The zero-order valence-electron chi connectivity index (χ0n) is 12.4. The molecule has 3 rings (SSSR count). The Morgan fingerprint density at radius 2 is 2.15 bits per heavy atom. The van der Waals surface area contributed by atoms with Gasteiger partial charge in [-0.3, -0.25) is 4.79 Å². The summed E-state index contributed by atoms with van der Waals surface area (Å²) in [6, 6.07) is 6.75. The Morgan fingerprint density at radius 1 is 1.35 bits per heavy atom. The average molecular weight is 273 g/mol. The molecule has 0 spiro atoms. The van der Waals surface area contributed by atoms with Gasteiger partial charge in [0.1, 0.15) is 5.75 Å². The van der Waals surface area contributed by atoms with Gasteiger partial charge in [0.2, 0.25) is 5.91 Å². The molecule has 1 atom stereocenters. The number of methoxy groups -OCH3 is 1. The Balaban J connectivity index is 1.69. The molecule has 3 nitrogen and oxygen atoms in total. The fourth-order valence-corrected chi connectivity index (χ4v) is 3.24. The summed E-state index contributed by atoms with van der Waals surface area (Å²) in [6.45, 7) is 3.03.